The van der Waals surface area contributed by atoms with Crippen molar-refractivity contribution in [3.63, 3.8) is 0 Å². The minimum Gasteiger partial charge on any atom is -0.444 e. The van der Waals surface area contributed by atoms with Gasteiger partial charge in [0.25, 0.3) is 10.2 Å². The quantitative estimate of drug-likeness (QED) is 0.760. The van der Waals surface area contributed by atoms with E-state index in [-0.39, 0.29) is 12.0 Å². The van der Waals surface area contributed by atoms with Gasteiger partial charge in [0.1, 0.15) is 5.60 Å². The van der Waals surface area contributed by atoms with Crippen LogP contribution in [0.25, 0.3) is 0 Å². The molecule has 0 saturated carbocycles. The van der Waals surface area contributed by atoms with Crippen molar-refractivity contribution in [1.29, 1.82) is 0 Å². The maximum Gasteiger partial charge on any atom is 0.407 e. The van der Waals surface area contributed by atoms with Crippen LogP contribution in [0.2, 0.25) is 0 Å². The van der Waals surface area contributed by atoms with E-state index in [4.69, 9.17) is 9.47 Å². The predicted molar refractivity (Wildman–Crippen MR) is 91.9 cm³/mol. The lowest BCUT2D eigenvalue weighted by atomic mass is 9.87. The number of nitrogens with one attached hydrogen (secondary N) is 2. The average molecular weight is 365 g/mol. The van der Waals surface area contributed by atoms with E-state index >= 15 is 0 Å². The Labute approximate surface area is 145 Å². The average Bonchev–Trinajstić information content (AvgIpc) is 2.41. The van der Waals surface area contributed by atoms with E-state index < -0.39 is 27.9 Å². The van der Waals surface area contributed by atoms with Gasteiger partial charge in [-0.2, -0.15) is 12.7 Å². The maximum absolute atomic E-state index is 12.3. The Kier molecular flexibility index (Phi) is 7.04. The van der Waals surface area contributed by atoms with Gasteiger partial charge in [0, 0.05) is 19.6 Å². The molecule has 0 aromatic carbocycles. The second-order valence-corrected chi connectivity index (χ2v) is 9.68. The van der Waals surface area contributed by atoms with Crippen molar-refractivity contribution in [2.24, 2.45) is 5.41 Å². The van der Waals surface area contributed by atoms with Gasteiger partial charge in [-0.1, -0.05) is 20.8 Å². The van der Waals surface area contributed by atoms with Crippen molar-refractivity contribution in [2.75, 3.05) is 32.8 Å². The Morgan fingerprint density at radius 2 is 1.71 bits per heavy atom. The molecule has 0 radical (unpaired) electrons. The molecule has 1 aliphatic heterocycles. The topological polar surface area (TPSA) is 97.0 Å². The fourth-order valence-electron chi connectivity index (χ4n) is 2.09. The summed E-state index contributed by atoms with van der Waals surface area (Å²) in [6.07, 6.45) is -0.562. The van der Waals surface area contributed by atoms with Crippen molar-refractivity contribution in [3.8, 4) is 0 Å². The summed E-state index contributed by atoms with van der Waals surface area (Å²) in [6, 6.07) is -0.414. The fourth-order valence-corrected chi connectivity index (χ4v) is 3.28. The highest BCUT2D eigenvalue weighted by Gasteiger charge is 2.31. The van der Waals surface area contributed by atoms with Gasteiger partial charge in [-0.05, 0) is 26.2 Å². The molecule has 1 heterocycles. The zero-order valence-corrected chi connectivity index (χ0v) is 16.3. The van der Waals surface area contributed by atoms with Crippen molar-refractivity contribution in [3.05, 3.63) is 0 Å². The van der Waals surface area contributed by atoms with Crippen LogP contribution >= 0.6 is 0 Å². The molecule has 8 nitrogen and oxygen atoms in total. The van der Waals surface area contributed by atoms with E-state index in [0.717, 1.165) is 0 Å². The van der Waals surface area contributed by atoms with Crippen LogP contribution in [0.5, 0.6) is 0 Å². The van der Waals surface area contributed by atoms with Gasteiger partial charge < -0.3 is 14.8 Å². The summed E-state index contributed by atoms with van der Waals surface area (Å²) in [5, 5.41) is 2.76. The molecule has 0 unspecified atom stereocenters. The molecule has 0 spiro atoms. The van der Waals surface area contributed by atoms with Crippen LogP contribution in [-0.4, -0.2) is 63.3 Å². The lowest BCUT2D eigenvalue weighted by molar-refractivity contribution is 0.0465. The zero-order valence-electron chi connectivity index (χ0n) is 15.5. The molecule has 0 aromatic rings. The number of nitrogens with zero attached hydrogens (tertiary/aromatic N) is 1. The minimum atomic E-state index is -3.60. The second kappa shape index (κ2) is 7.99. The third-order valence-corrected chi connectivity index (χ3v) is 5.09. The lowest BCUT2D eigenvalue weighted by Crippen LogP contribution is -2.54. The molecule has 1 aliphatic rings. The van der Waals surface area contributed by atoms with Gasteiger partial charge in [0.05, 0.1) is 19.3 Å². The Morgan fingerprint density at radius 1 is 1.17 bits per heavy atom. The van der Waals surface area contributed by atoms with Crippen LogP contribution in [0.3, 0.4) is 0 Å². The van der Waals surface area contributed by atoms with Crippen molar-refractivity contribution < 1.29 is 22.7 Å². The summed E-state index contributed by atoms with van der Waals surface area (Å²) in [4.78, 5) is 12.0. The van der Waals surface area contributed by atoms with Gasteiger partial charge in [0.15, 0.2) is 0 Å². The van der Waals surface area contributed by atoms with E-state index in [1.165, 1.54) is 4.31 Å². The standard InChI is InChI=1S/C15H31N3O5S/c1-14(2,3)12(17-13(19)23-15(4,5)6)11-16-24(20,21)18-7-9-22-10-8-18/h12,16H,7-11H2,1-6H3,(H,17,19)/t12-/m0/s1. The maximum atomic E-state index is 12.3. The molecule has 1 atom stereocenters. The monoisotopic (exact) mass is 365 g/mol. The SMILES string of the molecule is CC(C)(C)OC(=O)N[C@@H](CNS(=O)(=O)N1CCOCC1)C(C)(C)C. The van der Waals surface area contributed by atoms with E-state index in [0.29, 0.717) is 26.3 Å². The first-order chi connectivity index (χ1) is 10.8. The van der Waals surface area contributed by atoms with Gasteiger partial charge >= 0.3 is 6.09 Å². The number of hydrogen-bond acceptors (Lipinski definition) is 5. The number of alkyl carbamates (subject to hydrolysis) is 1. The normalized spacial score (nSPS) is 18.9. The fraction of sp³-hybridized carbons (Fsp3) is 0.933. The Bertz CT molecular complexity index is 516. The van der Waals surface area contributed by atoms with Crippen LogP contribution in [-0.2, 0) is 19.7 Å². The van der Waals surface area contributed by atoms with Crippen molar-refractivity contribution >= 4 is 16.3 Å². The van der Waals surface area contributed by atoms with Crippen LogP contribution in [0.4, 0.5) is 4.79 Å². The number of carbonyl (C=O) groups excluding carboxylic acids is 1. The molecular weight excluding hydrogens is 334 g/mol. The molecule has 1 rings (SSSR count). The third kappa shape index (κ3) is 7.33. The molecule has 24 heavy (non-hydrogen) atoms. The van der Waals surface area contributed by atoms with Crippen LogP contribution in [0, 0.1) is 5.41 Å². The first-order valence-electron chi connectivity index (χ1n) is 8.13. The highest BCUT2D eigenvalue weighted by atomic mass is 32.2. The predicted octanol–water partition coefficient (Wildman–Crippen LogP) is 1.09. The van der Waals surface area contributed by atoms with Gasteiger partial charge in [-0.25, -0.2) is 9.52 Å². The Morgan fingerprint density at radius 3 is 2.17 bits per heavy atom. The summed E-state index contributed by atoms with van der Waals surface area (Å²) in [5.74, 6) is 0. The van der Waals surface area contributed by atoms with Crippen LogP contribution in [0.15, 0.2) is 0 Å². The lowest BCUT2D eigenvalue weighted by Gasteiger charge is -2.33. The summed E-state index contributed by atoms with van der Waals surface area (Å²) in [7, 11) is -3.60. The summed E-state index contributed by atoms with van der Waals surface area (Å²) in [5.41, 5.74) is -0.954. The second-order valence-electron chi connectivity index (χ2n) is 7.93. The number of rotatable bonds is 5. The van der Waals surface area contributed by atoms with Gasteiger partial charge in [-0.3, -0.25) is 0 Å². The summed E-state index contributed by atoms with van der Waals surface area (Å²) in [6.45, 7) is 12.6. The number of carbonyl (C=O) groups is 1. The van der Waals surface area contributed by atoms with Gasteiger partial charge in [0.2, 0.25) is 0 Å². The Hall–Kier alpha value is -0.900. The molecule has 1 amide bonds. The highest BCUT2D eigenvalue weighted by Crippen LogP contribution is 2.20. The Balaban J connectivity index is 2.68. The van der Waals surface area contributed by atoms with Crippen molar-refractivity contribution in [1.82, 2.24) is 14.3 Å². The summed E-state index contributed by atoms with van der Waals surface area (Å²) >= 11 is 0. The molecule has 0 aromatic heterocycles. The molecule has 0 aliphatic carbocycles. The summed E-state index contributed by atoms with van der Waals surface area (Å²) < 4.78 is 39.0. The molecular formula is C15H31N3O5S. The molecule has 1 fully saturated rings. The highest BCUT2D eigenvalue weighted by molar-refractivity contribution is 7.87. The number of hydrogen-bond donors (Lipinski definition) is 2. The minimum absolute atomic E-state index is 0.0857. The van der Waals surface area contributed by atoms with E-state index in [9.17, 15) is 13.2 Å². The largest absolute Gasteiger partial charge is 0.444 e. The third-order valence-electron chi connectivity index (χ3n) is 3.52. The van der Waals surface area contributed by atoms with E-state index in [1.54, 1.807) is 20.8 Å². The van der Waals surface area contributed by atoms with E-state index in [1.807, 2.05) is 20.8 Å². The molecule has 1 saturated heterocycles. The molecule has 9 heteroatoms. The van der Waals surface area contributed by atoms with Gasteiger partial charge in [-0.15, -0.1) is 0 Å². The molecule has 142 valence electrons. The van der Waals surface area contributed by atoms with Crippen molar-refractivity contribution in [2.45, 2.75) is 53.2 Å². The number of amides is 1. The van der Waals surface area contributed by atoms with Crippen LogP contribution < -0.4 is 10.0 Å². The number of morpholine rings is 1. The molecule has 2 N–H and O–H groups in total. The first kappa shape index (κ1) is 21.1. The smallest absolute Gasteiger partial charge is 0.407 e. The molecule has 0 bridgehead atoms. The zero-order chi connectivity index (χ0) is 18.6. The number of ether oxygens (including phenoxy) is 2. The van der Waals surface area contributed by atoms with Crippen LogP contribution in [0.1, 0.15) is 41.5 Å². The van der Waals surface area contributed by atoms with E-state index in [2.05, 4.69) is 10.0 Å². The first-order valence-corrected chi connectivity index (χ1v) is 9.57.